The Morgan fingerprint density at radius 2 is 1.89 bits per heavy atom. The molecule has 2 aromatic carbocycles. The molecule has 186 valence electrons. The van der Waals surface area contributed by atoms with E-state index in [1.807, 2.05) is 42.5 Å². The van der Waals surface area contributed by atoms with Crippen molar-refractivity contribution in [1.29, 1.82) is 0 Å². The van der Waals surface area contributed by atoms with E-state index in [1.165, 1.54) is 4.90 Å². The monoisotopic (exact) mass is 487 g/mol. The van der Waals surface area contributed by atoms with Crippen LogP contribution < -0.4 is 20.3 Å². The maximum absolute atomic E-state index is 13.2. The molecule has 9 nitrogen and oxygen atoms in total. The molecule has 1 saturated carbocycles. The van der Waals surface area contributed by atoms with E-state index in [0.717, 1.165) is 24.0 Å². The minimum atomic E-state index is -0.881. The van der Waals surface area contributed by atoms with E-state index in [-0.39, 0.29) is 30.3 Å². The summed E-state index contributed by atoms with van der Waals surface area (Å²) < 4.78 is 5.87. The molecule has 3 amide bonds. The van der Waals surface area contributed by atoms with Crippen LogP contribution in [0.3, 0.4) is 0 Å². The lowest BCUT2D eigenvalue weighted by Gasteiger charge is -2.20. The number of hydrogen-bond donors (Lipinski definition) is 2. The summed E-state index contributed by atoms with van der Waals surface area (Å²) in [5, 5.41) is 5.71. The van der Waals surface area contributed by atoms with Crippen LogP contribution in [0.4, 0.5) is 5.69 Å². The van der Waals surface area contributed by atoms with Gasteiger partial charge in [-0.3, -0.25) is 19.4 Å². The number of amides is 3. The minimum Gasteiger partial charge on any atom is -0.489 e. The fourth-order valence-corrected chi connectivity index (χ4v) is 4.26. The zero-order valence-corrected chi connectivity index (χ0v) is 20.1. The van der Waals surface area contributed by atoms with Crippen LogP contribution in [0.2, 0.25) is 0 Å². The van der Waals surface area contributed by atoms with Crippen molar-refractivity contribution in [1.82, 2.24) is 10.6 Å². The molecule has 2 aromatic rings. The molecule has 0 radical (unpaired) electrons. The predicted molar refractivity (Wildman–Crippen MR) is 137 cm³/mol. The SMILES string of the molecule is CN1C(=O)C(NC(=O)C2=NC(Cc3ccccc3)C=N2)COc2ccc(CCC(=O)NC3CC3)cc21. The average Bonchev–Trinajstić information content (AvgIpc) is 3.60. The van der Waals surface area contributed by atoms with Gasteiger partial charge < -0.3 is 20.3 Å². The average molecular weight is 488 g/mol. The fraction of sp³-hybridized carbons (Fsp3) is 0.370. The van der Waals surface area contributed by atoms with E-state index in [1.54, 1.807) is 19.3 Å². The number of amidine groups is 1. The molecule has 2 atom stereocenters. The lowest BCUT2D eigenvalue weighted by Crippen LogP contribution is -2.50. The molecule has 1 fully saturated rings. The number of hydrogen-bond acceptors (Lipinski definition) is 6. The van der Waals surface area contributed by atoms with Crippen molar-refractivity contribution in [3.8, 4) is 5.75 Å². The Bertz CT molecular complexity index is 1220. The van der Waals surface area contributed by atoms with Gasteiger partial charge >= 0.3 is 0 Å². The number of carbonyl (C=O) groups excluding carboxylic acids is 3. The number of anilines is 1. The molecule has 3 aliphatic rings. The number of aliphatic imine (C=N–C) groups is 2. The number of benzene rings is 2. The normalized spacial score (nSPS) is 20.8. The largest absolute Gasteiger partial charge is 0.489 e. The van der Waals surface area contributed by atoms with Gasteiger partial charge in [-0.05, 0) is 48.9 Å². The first kappa shape index (κ1) is 23.7. The number of nitrogens with one attached hydrogen (secondary N) is 2. The second kappa shape index (κ2) is 10.3. The Morgan fingerprint density at radius 1 is 1.08 bits per heavy atom. The van der Waals surface area contributed by atoms with Gasteiger partial charge in [0.1, 0.15) is 18.4 Å². The highest BCUT2D eigenvalue weighted by molar-refractivity contribution is 6.41. The van der Waals surface area contributed by atoms with Crippen molar-refractivity contribution in [2.75, 3.05) is 18.6 Å². The predicted octanol–water partition coefficient (Wildman–Crippen LogP) is 1.83. The maximum atomic E-state index is 13.2. The van der Waals surface area contributed by atoms with Gasteiger partial charge in [-0.1, -0.05) is 36.4 Å². The van der Waals surface area contributed by atoms with E-state index in [2.05, 4.69) is 20.6 Å². The Labute approximate surface area is 209 Å². The van der Waals surface area contributed by atoms with E-state index in [4.69, 9.17) is 4.74 Å². The van der Waals surface area contributed by atoms with Gasteiger partial charge in [0, 0.05) is 25.7 Å². The van der Waals surface area contributed by atoms with Crippen molar-refractivity contribution in [2.24, 2.45) is 9.98 Å². The molecule has 2 N–H and O–H groups in total. The number of aryl methyl sites for hydroxylation is 1. The van der Waals surface area contributed by atoms with Gasteiger partial charge in [0.25, 0.3) is 11.8 Å². The Kier molecular flexibility index (Phi) is 6.79. The Morgan fingerprint density at radius 3 is 2.67 bits per heavy atom. The summed E-state index contributed by atoms with van der Waals surface area (Å²) in [5.41, 5.74) is 2.65. The van der Waals surface area contributed by atoms with Crippen LogP contribution in [0.5, 0.6) is 5.75 Å². The van der Waals surface area contributed by atoms with Crippen LogP contribution in [0.1, 0.15) is 30.4 Å². The molecule has 2 aliphatic heterocycles. The third-order valence-electron chi connectivity index (χ3n) is 6.46. The van der Waals surface area contributed by atoms with E-state index in [0.29, 0.717) is 36.7 Å². The van der Waals surface area contributed by atoms with Crippen molar-refractivity contribution in [3.05, 3.63) is 59.7 Å². The van der Waals surface area contributed by atoms with Crippen LogP contribution in [-0.2, 0) is 27.2 Å². The minimum absolute atomic E-state index is 0.00447. The van der Waals surface area contributed by atoms with Gasteiger partial charge in [0.05, 0.1) is 11.7 Å². The summed E-state index contributed by atoms with van der Waals surface area (Å²) in [4.78, 5) is 48.1. The number of ether oxygens (including phenoxy) is 1. The van der Waals surface area contributed by atoms with E-state index >= 15 is 0 Å². The summed E-state index contributed by atoms with van der Waals surface area (Å²) >= 11 is 0. The van der Waals surface area contributed by atoms with Gasteiger partial charge in [0.2, 0.25) is 11.7 Å². The number of carbonyl (C=O) groups is 3. The molecule has 36 heavy (non-hydrogen) atoms. The van der Waals surface area contributed by atoms with Gasteiger partial charge in [-0.15, -0.1) is 0 Å². The van der Waals surface area contributed by atoms with Crippen LogP contribution in [0.25, 0.3) is 0 Å². The maximum Gasteiger partial charge on any atom is 0.289 e. The van der Waals surface area contributed by atoms with Crippen LogP contribution in [0, 0.1) is 0 Å². The Balaban J connectivity index is 1.19. The highest BCUT2D eigenvalue weighted by Crippen LogP contribution is 2.32. The molecular weight excluding hydrogens is 458 g/mol. The third-order valence-corrected chi connectivity index (χ3v) is 6.46. The first-order valence-electron chi connectivity index (χ1n) is 12.3. The summed E-state index contributed by atoms with van der Waals surface area (Å²) in [5.74, 6) is -0.160. The lowest BCUT2D eigenvalue weighted by molar-refractivity contribution is -0.124. The molecule has 0 bridgehead atoms. The Hall–Kier alpha value is -4.01. The second-order valence-corrected chi connectivity index (χ2v) is 9.37. The van der Waals surface area contributed by atoms with Gasteiger partial charge in [0.15, 0.2) is 0 Å². The van der Waals surface area contributed by atoms with E-state index < -0.39 is 11.9 Å². The number of likely N-dealkylation sites (N-methyl/N-ethyl adjacent to an activating group) is 1. The number of fused-ring (bicyclic) bond motifs is 1. The smallest absolute Gasteiger partial charge is 0.289 e. The summed E-state index contributed by atoms with van der Waals surface area (Å²) in [6.07, 6.45) is 5.37. The molecule has 5 rings (SSSR count). The van der Waals surface area contributed by atoms with Crippen molar-refractivity contribution >= 4 is 35.5 Å². The molecular formula is C27H29N5O4. The number of rotatable bonds is 8. The van der Waals surface area contributed by atoms with Gasteiger partial charge in [-0.2, -0.15) is 0 Å². The highest BCUT2D eigenvalue weighted by Gasteiger charge is 2.32. The standard InChI is InChI=1S/C27H29N5O4/c1-32-22-14-18(8-12-24(33)29-19-9-10-19)7-11-23(22)36-16-21(27(32)35)31-26(34)25-28-15-20(30-25)13-17-5-3-2-4-6-17/h2-7,11,14-15,19-21H,8-10,12-13,16H2,1H3,(H,29,33)(H,31,34). The third kappa shape index (κ3) is 5.62. The quantitative estimate of drug-likeness (QED) is 0.592. The van der Waals surface area contributed by atoms with Crippen LogP contribution >= 0.6 is 0 Å². The molecule has 2 heterocycles. The molecule has 0 saturated heterocycles. The molecule has 2 unspecified atom stereocenters. The molecule has 1 aliphatic carbocycles. The molecule has 0 aromatic heterocycles. The number of nitrogens with zero attached hydrogens (tertiary/aromatic N) is 3. The summed E-state index contributed by atoms with van der Waals surface area (Å²) in [7, 11) is 1.65. The zero-order valence-electron chi connectivity index (χ0n) is 20.1. The lowest BCUT2D eigenvalue weighted by atomic mass is 10.1. The van der Waals surface area contributed by atoms with Crippen molar-refractivity contribution in [3.63, 3.8) is 0 Å². The second-order valence-electron chi connectivity index (χ2n) is 9.37. The first-order valence-corrected chi connectivity index (χ1v) is 12.3. The van der Waals surface area contributed by atoms with Gasteiger partial charge in [-0.25, -0.2) is 4.99 Å². The molecule has 9 heteroatoms. The summed E-state index contributed by atoms with van der Waals surface area (Å²) in [6.45, 7) is -0.00447. The zero-order chi connectivity index (χ0) is 25.1. The van der Waals surface area contributed by atoms with Crippen LogP contribution in [0.15, 0.2) is 58.5 Å². The fourth-order valence-electron chi connectivity index (χ4n) is 4.26. The van der Waals surface area contributed by atoms with Crippen LogP contribution in [-0.4, -0.2) is 61.6 Å². The highest BCUT2D eigenvalue weighted by atomic mass is 16.5. The van der Waals surface area contributed by atoms with Crippen molar-refractivity contribution < 1.29 is 19.1 Å². The molecule has 0 spiro atoms. The topological polar surface area (TPSA) is 112 Å². The van der Waals surface area contributed by atoms with Crippen molar-refractivity contribution in [2.45, 2.75) is 50.2 Å². The summed E-state index contributed by atoms with van der Waals surface area (Å²) in [6, 6.07) is 14.7. The first-order chi connectivity index (χ1) is 17.5. The van der Waals surface area contributed by atoms with E-state index in [9.17, 15) is 14.4 Å².